The largest absolute Gasteiger partial charge is 0.507 e. The summed E-state index contributed by atoms with van der Waals surface area (Å²) in [7, 11) is 3.42. The number of hydrazone groups is 1. The zero-order chi connectivity index (χ0) is 43.7. The van der Waals surface area contributed by atoms with Crippen molar-refractivity contribution in [2.45, 2.75) is 85.6 Å². The molecule has 9 atom stereocenters. The maximum Gasteiger partial charge on any atom is 0.312 e. The number of nitrogens with one attached hydrogen (secondary N) is 1. The number of ketones is 1. The van der Waals surface area contributed by atoms with Gasteiger partial charge in [-0.15, -0.1) is 0 Å². The molecule has 4 aliphatic heterocycles. The Bertz CT molecular complexity index is 2070. The number of aliphatic hydroxyl groups is 2. The van der Waals surface area contributed by atoms with Gasteiger partial charge in [-0.2, -0.15) is 5.10 Å². The van der Waals surface area contributed by atoms with E-state index in [0.717, 1.165) is 13.1 Å². The van der Waals surface area contributed by atoms with Gasteiger partial charge in [0.1, 0.15) is 23.4 Å². The summed E-state index contributed by atoms with van der Waals surface area (Å²) >= 11 is 0. The Hall–Kier alpha value is -5.16. The monoisotopic (exact) mass is 822 g/mol. The molecule has 0 radical (unpaired) electrons. The van der Waals surface area contributed by atoms with Gasteiger partial charge < -0.3 is 54.7 Å². The maximum atomic E-state index is 14.4. The van der Waals surface area contributed by atoms with Crippen LogP contribution in [0.15, 0.2) is 41.2 Å². The number of esters is 1. The van der Waals surface area contributed by atoms with Gasteiger partial charge in [0.05, 0.1) is 53.0 Å². The van der Waals surface area contributed by atoms with Crippen LogP contribution in [-0.2, 0) is 23.8 Å². The van der Waals surface area contributed by atoms with Gasteiger partial charge in [0.25, 0.3) is 11.7 Å². The summed E-state index contributed by atoms with van der Waals surface area (Å²) in [4.78, 5) is 42.6. The molecular weight excluding hydrogens is 764 g/mol. The van der Waals surface area contributed by atoms with Gasteiger partial charge >= 0.3 is 11.8 Å². The van der Waals surface area contributed by atoms with E-state index in [1.165, 1.54) is 59.4 Å². The number of amides is 1. The van der Waals surface area contributed by atoms with E-state index in [-0.39, 0.29) is 44.5 Å². The Morgan fingerprint density at radius 2 is 1.61 bits per heavy atom. The van der Waals surface area contributed by atoms with E-state index in [1.54, 1.807) is 44.9 Å². The van der Waals surface area contributed by atoms with Crippen molar-refractivity contribution in [2.24, 2.45) is 28.8 Å². The summed E-state index contributed by atoms with van der Waals surface area (Å²) in [6.07, 6.45) is 4.86. The zero-order valence-electron chi connectivity index (χ0n) is 35.3. The van der Waals surface area contributed by atoms with E-state index >= 15 is 0 Å². The van der Waals surface area contributed by atoms with Crippen molar-refractivity contribution in [3.8, 4) is 23.0 Å². The molecular formula is C43H58N4O12. The molecule has 16 heteroatoms. The molecule has 322 valence electrons. The Balaban J connectivity index is 1.70. The number of ether oxygens (including phenoxy) is 4. The summed E-state index contributed by atoms with van der Waals surface area (Å²) in [6, 6.07) is 0. The molecule has 0 aliphatic carbocycles. The molecule has 59 heavy (non-hydrogen) atoms. The Labute approximate surface area is 344 Å². The average Bonchev–Trinajstić information content (AvgIpc) is 3.46. The van der Waals surface area contributed by atoms with Crippen molar-refractivity contribution in [1.82, 2.24) is 9.91 Å². The number of allylic oxidation sites excluding steroid dienone is 2. The minimum atomic E-state index is -2.04. The molecule has 0 saturated carbocycles. The van der Waals surface area contributed by atoms with Crippen molar-refractivity contribution in [3.63, 3.8) is 0 Å². The number of carbonyl (C=O) groups excluding carboxylic acids is 3. The molecule has 1 amide bonds. The number of fused-ring (bicyclic) bond motifs is 14. The number of aromatic hydroxyl groups is 3. The highest BCUT2D eigenvalue weighted by Gasteiger charge is 2.50. The average molecular weight is 823 g/mol. The first kappa shape index (κ1) is 44.9. The van der Waals surface area contributed by atoms with E-state index in [2.05, 4.69) is 15.3 Å². The molecule has 1 saturated heterocycles. The number of anilines is 1. The molecule has 5 bridgehead atoms. The van der Waals surface area contributed by atoms with Crippen LogP contribution in [0.25, 0.3) is 10.8 Å². The molecule has 1 fully saturated rings. The van der Waals surface area contributed by atoms with Gasteiger partial charge in [-0.05, 0) is 27.0 Å². The highest BCUT2D eigenvalue weighted by atomic mass is 16.7. The molecule has 2 aromatic carbocycles. The normalized spacial score (nSPS) is 32.1. The maximum absolute atomic E-state index is 14.4. The highest BCUT2D eigenvalue weighted by molar-refractivity contribution is 6.23. The smallest absolute Gasteiger partial charge is 0.312 e. The SMILES string of the molecule is CO[C@H]1/C=C/O[C@@]2(C)Oc3c(C)c(O)c4c(O)c(c(C=NN5CCN(C)CC5)c(O)c4c3C2=O)NC(=O)/C(C)=C\C=C/[C@H](C)[C@H](O)[C@@H](C)[C@@H](O)[C@@H](C)[C@H](OC(C)=O)[C@@H]1C. The van der Waals surface area contributed by atoms with Gasteiger partial charge in [0.15, 0.2) is 5.75 Å². The Morgan fingerprint density at radius 3 is 2.24 bits per heavy atom. The van der Waals surface area contributed by atoms with Crippen LogP contribution < -0.4 is 10.1 Å². The number of Topliss-reactive ketones (excluding diaryl/α,β-unsaturated/α-hetero) is 1. The quantitative estimate of drug-likeness (QED) is 0.109. The van der Waals surface area contributed by atoms with Crippen molar-refractivity contribution in [1.29, 1.82) is 0 Å². The number of rotatable bonds is 4. The lowest BCUT2D eigenvalue weighted by Crippen LogP contribution is -2.46. The molecule has 16 nitrogen and oxygen atoms in total. The first-order valence-electron chi connectivity index (χ1n) is 19.8. The molecule has 6 rings (SSSR count). The van der Waals surface area contributed by atoms with E-state index in [4.69, 9.17) is 18.9 Å². The fourth-order valence-electron chi connectivity index (χ4n) is 7.92. The van der Waals surface area contributed by atoms with Crippen LogP contribution >= 0.6 is 0 Å². The van der Waals surface area contributed by atoms with Gasteiger partial charge in [0, 0.05) is 87.3 Å². The second-order valence-corrected chi connectivity index (χ2v) is 16.1. The van der Waals surface area contributed by atoms with E-state index in [9.17, 15) is 39.9 Å². The number of nitrogens with zero attached hydrogens (tertiary/aromatic N) is 3. The molecule has 0 aromatic heterocycles. The molecule has 2 aromatic rings. The van der Waals surface area contributed by atoms with Gasteiger partial charge in [-0.3, -0.25) is 19.4 Å². The van der Waals surface area contributed by atoms with Crippen molar-refractivity contribution < 1.29 is 58.9 Å². The van der Waals surface area contributed by atoms with Crippen LogP contribution in [0.5, 0.6) is 23.0 Å². The first-order valence-corrected chi connectivity index (χ1v) is 19.8. The highest BCUT2D eigenvalue weighted by Crippen LogP contribution is 2.55. The lowest BCUT2D eigenvalue weighted by atomic mass is 9.78. The summed E-state index contributed by atoms with van der Waals surface area (Å²) in [5.41, 5.74) is -0.350. The number of phenols is 3. The second kappa shape index (κ2) is 18.0. The number of carbonyl (C=O) groups is 3. The predicted molar refractivity (Wildman–Crippen MR) is 220 cm³/mol. The van der Waals surface area contributed by atoms with Crippen molar-refractivity contribution in [3.05, 3.63) is 52.8 Å². The standard InChI is InChI=1S/C43H58N4O12/c1-21-12-11-13-22(2)42(55)45-33-28(20-44-47-17-15-46(9)16-18-47)37(52)30-31(38(33)53)36(51)26(6)40-32(30)41(54)43(8,59-40)57-19-14-29(56-10)23(3)39(58-27(7)48)25(5)35(50)24(4)34(21)49/h11-14,19-21,23-25,29,34-35,39,49-53H,15-18H2,1-10H3,(H,45,55)/b12-11-,19-14+,22-13-,44-20?/t21-,23+,24+,25+,29-,34-,35+,39+,43-/m0/s1. The third kappa shape index (κ3) is 8.91. The lowest BCUT2D eigenvalue weighted by Gasteiger charge is -2.38. The van der Waals surface area contributed by atoms with Crippen LogP contribution in [0.2, 0.25) is 0 Å². The summed E-state index contributed by atoms with van der Waals surface area (Å²) in [6.45, 7) is 15.1. The molecule has 0 unspecified atom stereocenters. The van der Waals surface area contributed by atoms with Crippen LogP contribution in [0.3, 0.4) is 0 Å². The topological polar surface area (TPSA) is 220 Å². The summed E-state index contributed by atoms with van der Waals surface area (Å²) < 4.78 is 23.6. The predicted octanol–water partition coefficient (Wildman–Crippen LogP) is 4.34. The Kier molecular flexibility index (Phi) is 13.7. The molecule has 4 heterocycles. The fourth-order valence-corrected chi connectivity index (χ4v) is 7.92. The third-order valence-electron chi connectivity index (χ3n) is 11.9. The van der Waals surface area contributed by atoms with Crippen LogP contribution in [0, 0.1) is 30.6 Å². The minimum absolute atomic E-state index is 0.0559. The zero-order valence-corrected chi connectivity index (χ0v) is 35.3. The van der Waals surface area contributed by atoms with Crippen molar-refractivity contribution in [2.75, 3.05) is 45.7 Å². The van der Waals surface area contributed by atoms with Crippen LogP contribution in [-0.4, -0.2) is 130 Å². The fraction of sp³-hybridized carbons (Fsp3) is 0.535. The van der Waals surface area contributed by atoms with Crippen LogP contribution in [0.1, 0.15) is 70.0 Å². The molecule has 0 spiro atoms. The second-order valence-electron chi connectivity index (χ2n) is 16.1. The number of piperazine rings is 1. The molecule has 4 aliphatic rings. The number of hydrogen-bond donors (Lipinski definition) is 6. The lowest BCUT2D eigenvalue weighted by molar-refractivity contribution is -0.160. The number of phenolic OH excluding ortho intramolecular Hbond substituents is 3. The third-order valence-corrected chi connectivity index (χ3v) is 11.9. The van der Waals surface area contributed by atoms with Gasteiger partial charge in [0.2, 0.25) is 0 Å². The van der Waals surface area contributed by atoms with Crippen molar-refractivity contribution >= 4 is 40.3 Å². The number of hydrogen-bond acceptors (Lipinski definition) is 15. The van der Waals surface area contributed by atoms with Crippen LogP contribution in [0.4, 0.5) is 5.69 Å². The number of benzene rings is 2. The molecule has 6 N–H and O–H groups in total. The Morgan fingerprint density at radius 1 is 0.949 bits per heavy atom. The number of methoxy groups -OCH3 is 1. The number of aliphatic hydroxyl groups excluding tert-OH is 2. The first-order chi connectivity index (χ1) is 27.7. The number of likely N-dealkylation sites (N-methyl/N-ethyl adjacent to an activating group) is 1. The van der Waals surface area contributed by atoms with E-state index in [0.29, 0.717) is 13.1 Å². The minimum Gasteiger partial charge on any atom is -0.507 e. The van der Waals surface area contributed by atoms with Gasteiger partial charge in [-0.1, -0.05) is 45.9 Å². The van der Waals surface area contributed by atoms with E-state index < -0.39 is 88.8 Å². The van der Waals surface area contributed by atoms with Gasteiger partial charge in [-0.25, -0.2) is 0 Å². The summed E-state index contributed by atoms with van der Waals surface area (Å²) in [5.74, 6) is -8.34. The van der Waals surface area contributed by atoms with E-state index in [1.807, 2.05) is 7.05 Å². The summed E-state index contributed by atoms with van der Waals surface area (Å²) in [5, 5.41) is 66.8.